The van der Waals surface area contributed by atoms with E-state index in [1.165, 1.54) is 33.4 Å². The van der Waals surface area contributed by atoms with E-state index in [0.29, 0.717) is 23.7 Å². The van der Waals surface area contributed by atoms with Gasteiger partial charge >= 0.3 is 0 Å². The number of nitrogens with one attached hydrogen (secondary N) is 1. The molecule has 0 radical (unpaired) electrons. The molecule has 2 atom stereocenters. The molecule has 1 heterocycles. The van der Waals surface area contributed by atoms with Crippen LogP contribution < -0.4 is 5.32 Å². The largest absolute Gasteiger partial charge is 0.367 e. The summed E-state index contributed by atoms with van der Waals surface area (Å²) in [5.41, 5.74) is 8.63. The van der Waals surface area contributed by atoms with Crippen LogP contribution in [0.5, 0.6) is 0 Å². The lowest BCUT2D eigenvalue weighted by molar-refractivity contribution is 0.543. The lowest BCUT2D eigenvalue weighted by Gasteiger charge is -2.31. The van der Waals surface area contributed by atoms with E-state index >= 15 is 0 Å². The second-order valence-electron chi connectivity index (χ2n) is 9.69. The van der Waals surface area contributed by atoms with Gasteiger partial charge in [-0.1, -0.05) is 91.8 Å². The summed E-state index contributed by atoms with van der Waals surface area (Å²) in [5.74, 6) is 1.92. The van der Waals surface area contributed by atoms with Gasteiger partial charge in [-0.3, -0.25) is 4.99 Å². The molecule has 0 bridgehead atoms. The van der Waals surface area contributed by atoms with Crippen molar-refractivity contribution in [3.8, 4) is 0 Å². The molecule has 0 fully saturated rings. The van der Waals surface area contributed by atoms with Crippen molar-refractivity contribution in [1.82, 2.24) is 5.32 Å². The molecule has 0 saturated heterocycles. The van der Waals surface area contributed by atoms with Crippen molar-refractivity contribution in [3.63, 3.8) is 0 Å². The highest BCUT2D eigenvalue weighted by Crippen LogP contribution is 2.45. The highest BCUT2D eigenvalue weighted by atomic mass is 15.1. The highest BCUT2D eigenvalue weighted by Gasteiger charge is 2.35. The van der Waals surface area contributed by atoms with E-state index in [9.17, 15) is 0 Å². The molecule has 1 aliphatic rings. The highest BCUT2D eigenvalue weighted by molar-refractivity contribution is 5.63. The Morgan fingerprint density at radius 2 is 1.00 bits per heavy atom. The fraction of sp³-hybridized carbons (Fsp3) is 0.519. The summed E-state index contributed by atoms with van der Waals surface area (Å²) in [6.07, 6.45) is 1.94. The Balaban J connectivity index is 2.23. The molecule has 0 amide bonds. The molecule has 1 aliphatic heterocycles. The molecule has 0 aromatic heterocycles. The Hall–Kier alpha value is -2.09. The second-order valence-corrected chi connectivity index (χ2v) is 9.69. The Morgan fingerprint density at radius 3 is 1.38 bits per heavy atom. The topological polar surface area (TPSA) is 24.4 Å². The average molecular weight is 391 g/mol. The fourth-order valence-corrected chi connectivity index (χ4v) is 4.78. The first-order valence-electron chi connectivity index (χ1n) is 11.3. The van der Waals surface area contributed by atoms with Crippen molar-refractivity contribution in [3.05, 3.63) is 69.8 Å². The van der Waals surface area contributed by atoms with Crippen molar-refractivity contribution in [1.29, 1.82) is 0 Å². The average Bonchev–Trinajstić information content (AvgIpc) is 3.15. The number of nitrogens with zero attached hydrogens (tertiary/aromatic N) is 1. The minimum atomic E-state index is 0.114. The van der Waals surface area contributed by atoms with E-state index in [1.807, 2.05) is 6.34 Å². The number of benzene rings is 2. The molecule has 0 aliphatic carbocycles. The maximum atomic E-state index is 5.01. The van der Waals surface area contributed by atoms with Crippen LogP contribution in [0, 0.1) is 0 Å². The van der Waals surface area contributed by atoms with Gasteiger partial charge in [-0.2, -0.15) is 0 Å². The zero-order valence-corrected chi connectivity index (χ0v) is 19.5. The van der Waals surface area contributed by atoms with Crippen molar-refractivity contribution < 1.29 is 0 Å². The minimum absolute atomic E-state index is 0.114. The van der Waals surface area contributed by atoms with Gasteiger partial charge < -0.3 is 5.32 Å². The van der Waals surface area contributed by atoms with Gasteiger partial charge in [0.1, 0.15) is 6.04 Å². The van der Waals surface area contributed by atoms with Gasteiger partial charge in [-0.15, -0.1) is 0 Å². The fourth-order valence-electron chi connectivity index (χ4n) is 4.78. The predicted octanol–water partition coefficient (Wildman–Crippen LogP) is 7.59. The Morgan fingerprint density at radius 1 is 0.621 bits per heavy atom. The first kappa shape index (κ1) is 21.6. The SMILES string of the molecule is CC(C)c1cccc(C(C)C)c1C1N=CNC1c1c(C(C)C)cccc1C(C)C. The van der Waals surface area contributed by atoms with Crippen LogP contribution in [0.3, 0.4) is 0 Å². The Bertz CT molecular complexity index is 822. The predicted molar refractivity (Wildman–Crippen MR) is 126 cm³/mol. The molecule has 3 rings (SSSR count). The zero-order valence-electron chi connectivity index (χ0n) is 19.5. The standard InChI is InChI=1S/C27H38N2/c1-16(2)20-11-9-12-21(17(3)4)24(20)26-27(29-15-28-26)25-22(18(5)6)13-10-14-23(25)19(7)8/h9-19,26-27H,1-8H3,(H,28,29). The summed E-state index contributed by atoms with van der Waals surface area (Å²) >= 11 is 0. The molecule has 29 heavy (non-hydrogen) atoms. The maximum absolute atomic E-state index is 5.01. The van der Waals surface area contributed by atoms with E-state index in [4.69, 9.17) is 4.99 Å². The molecular formula is C27H38N2. The van der Waals surface area contributed by atoms with Gasteiger partial charge in [0, 0.05) is 0 Å². The van der Waals surface area contributed by atoms with Crippen LogP contribution in [-0.2, 0) is 0 Å². The normalized spacial score (nSPS) is 19.0. The molecule has 1 N–H and O–H groups in total. The maximum Gasteiger partial charge on any atom is 0.101 e. The van der Waals surface area contributed by atoms with E-state index in [1.54, 1.807) is 0 Å². The van der Waals surface area contributed by atoms with Crippen LogP contribution in [0.2, 0.25) is 0 Å². The van der Waals surface area contributed by atoms with E-state index in [-0.39, 0.29) is 12.1 Å². The monoisotopic (exact) mass is 390 g/mol. The van der Waals surface area contributed by atoms with Gasteiger partial charge in [0.2, 0.25) is 0 Å². The van der Waals surface area contributed by atoms with Crippen molar-refractivity contribution >= 4 is 6.34 Å². The molecule has 2 aromatic rings. The van der Waals surface area contributed by atoms with Crippen molar-refractivity contribution in [2.24, 2.45) is 4.99 Å². The first-order valence-corrected chi connectivity index (χ1v) is 11.3. The van der Waals surface area contributed by atoms with E-state index in [2.05, 4.69) is 97.1 Å². The third-order valence-corrected chi connectivity index (χ3v) is 6.25. The quantitative estimate of drug-likeness (QED) is 0.539. The van der Waals surface area contributed by atoms with Gasteiger partial charge in [-0.25, -0.2) is 0 Å². The van der Waals surface area contributed by atoms with Gasteiger partial charge in [0.05, 0.1) is 12.4 Å². The summed E-state index contributed by atoms with van der Waals surface area (Å²) in [5, 5.41) is 3.65. The molecule has 2 heteroatoms. The zero-order chi connectivity index (χ0) is 21.3. The molecule has 156 valence electrons. The van der Waals surface area contributed by atoms with Gasteiger partial charge in [-0.05, 0) is 57.1 Å². The van der Waals surface area contributed by atoms with E-state index < -0.39 is 0 Å². The second kappa shape index (κ2) is 8.73. The molecule has 0 spiro atoms. The number of rotatable bonds is 6. The summed E-state index contributed by atoms with van der Waals surface area (Å²) in [6.45, 7) is 18.4. The lowest BCUT2D eigenvalue weighted by atomic mass is 9.78. The molecule has 2 aromatic carbocycles. The number of hydrogen-bond acceptors (Lipinski definition) is 2. The van der Waals surface area contributed by atoms with Crippen LogP contribution in [0.1, 0.15) is 125 Å². The Kier molecular flexibility index (Phi) is 6.51. The van der Waals surface area contributed by atoms with Crippen molar-refractivity contribution in [2.75, 3.05) is 0 Å². The third kappa shape index (κ3) is 4.13. The summed E-state index contributed by atoms with van der Waals surface area (Å²) in [6, 6.07) is 14.0. The smallest absolute Gasteiger partial charge is 0.101 e. The molecule has 2 unspecified atom stereocenters. The number of hydrogen-bond donors (Lipinski definition) is 1. The van der Waals surface area contributed by atoms with Crippen LogP contribution >= 0.6 is 0 Å². The van der Waals surface area contributed by atoms with Crippen LogP contribution in [0.4, 0.5) is 0 Å². The third-order valence-electron chi connectivity index (χ3n) is 6.25. The summed E-state index contributed by atoms with van der Waals surface area (Å²) in [4.78, 5) is 5.01. The van der Waals surface area contributed by atoms with Crippen molar-refractivity contribution in [2.45, 2.75) is 91.1 Å². The minimum Gasteiger partial charge on any atom is -0.367 e. The van der Waals surface area contributed by atoms with E-state index in [0.717, 1.165) is 0 Å². The summed E-state index contributed by atoms with van der Waals surface area (Å²) < 4.78 is 0. The first-order chi connectivity index (χ1) is 13.7. The lowest BCUT2D eigenvalue weighted by Crippen LogP contribution is -2.24. The summed E-state index contributed by atoms with van der Waals surface area (Å²) in [7, 11) is 0. The number of aliphatic imine (C=N–C) groups is 1. The van der Waals surface area contributed by atoms with Crippen LogP contribution in [0.25, 0.3) is 0 Å². The molecular weight excluding hydrogens is 352 g/mol. The van der Waals surface area contributed by atoms with Crippen LogP contribution in [-0.4, -0.2) is 6.34 Å². The molecule has 0 saturated carbocycles. The van der Waals surface area contributed by atoms with Gasteiger partial charge in [0.15, 0.2) is 0 Å². The molecule has 2 nitrogen and oxygen atoms in total. The van der Waals surface area contributed by atoms with Crippen LogP contribution in [0.15, 0.2) is 41.4 Å². The Labute approximate surface area is 177 Å². The van der Waals surface area contributed by atoms with Gasteiger partial charge in [0.25, 0.3) is 0 Å².